The van der Waals surface area contributed by atoms with E-state index in [-0.39, 0.29) is 11.3 Å². The van der Waals surface area contributed by atoms with Crippen molar-refractivity contribution in [2.45, 2.75) is 0 Å². The Kier molecular flexibility index (Phi) is 1.49. The van der Waals surface area contributed by atoms with E-state index in [1.807, 2.05) is 0 Å². The summed E-state index contributed by atoms with van der Waals surface area (Å²) in [7, 11) is 0. The Balaban J connectivity index is 3.13. The molecule has 52 valence electrons. The summed E-state index contributed by atoms with van der Waals surface area (Å²) in [5.41, 5.74) is -0.213. The molecule has 0 unspecified atom stereocenters. The first kappa shape index (κ1) is 6.47. The van der Waals surface area contributed by atoms with Gasteiger partial charge in [-0.25, -0.2) is 4.79 Å². The van der Waals surface area contributed by atoms with Gasteiger partial charge in [0, 0.05) is 0 Å². The van der Waals surface area contributed by atoms with Crippen LogP contribution in [0.15, 0.2) is 10.7 Å². The molecule has 0 bridgehead atoms. The van der Waals surface area contributed by atoms with Gasteiger partial charge in [-0.1, -0.05) is 5.16 Å². The smallest absolute Gasteiger partial charge is 0.341 e. The molecule has 5 heteroatoms. The van der Waals surface area contributed by atoms with Crippen LogP contribution in [0.1, 0.15) is 20.9 Å². The van der Waals surface area contributed by atoms with Crippen LogP contribution in [0.25, 0.3) is 0 Å². The second kappa shape index (κ2) is 2.30. The van der Waals surface area contributed by atoms with Crippen molar-refractivity contribution >= 4 is 12.3 Å². The lowest BCUT2D eigenvalue weighted by Gasteiger charge is -1.82. The summed E-state index contributed by atoms with van der Waals surface area (Å²) in [5, 5.41) is 11.5. The Labute approximate surface area is 55.2 Å². The molecular weight excluding hydrogens is 138 g/mol. The number of aldehydes is 1. The third-order valence-electron chi connectivity index (χ3n) is 0.936. The van der Waals surface area contributed by atoms with Crippen LogP contribution in [0.3, 0.4) is 0 Å². The van der Waals surface area contributed by atoms with Gasteiger partial charge in [0.25, 0.3) is 0 Å². The van der Waals surface area contributed by atoms with Crippen molar-refractivity contribution < 1.29 is 19.2 Å². The number of carbonyl (C=O) groups excluding carboxylic acids is 1. The molecule has 0 amide bonds. The van der Waals surface area contributed by atoms with Gasteiger partial charge in [0.05, 0.1) is 6.20 Å². The highest BCUT2D eigenvalue weighted by molar-refractivity contribution is 5.94. The van der Waals surface area contributed by atoms with E-state index in [0.717, 1.165) is 6.20 Å². The Hall–Kier alpha value is -1.65. The van der Waals surface area contributed by atoms with Crippen LogP contribution in [0.2, 0.25) is 0 Å². The number of rotatable bonds is 2. The lowest BCUT2D eigenvalue weighted by Crippen LogP contribution is -1.97. The first-order valence-electron chi connectivity index (χ1n) is 2.39. The summed E-state index contributed by atoms with van der Waals surface area (Å²) >= 11 is 0. The highest BCUT2D eigenvalue weighted by Gasteiger charge is 2.12. The zero-order chi connectivity index (χ0) is 7.56. The van der Waals surface area contributed by atoms with Crippen LogP contribution in [-0.4, -0.2) is 22.5 Å². The molecule has 0 aliphatic rings. The number of aromatic nitrogens is 1. The van der Waals surface area contributed by atoms with Crippen molar-refractivity contribution in [2.75, 3.05) is 0 Å². The second-order valence-corrected chi connectivity index (χ2v) is 1.53. The summed E-state index contributed by atoms with van der Waals surface area (Å²) in [6.45, 7) is 0. The predicted molar refractivity (Wildman–Crippen MR) is 28.8 cm³/mol. The topological polar surface area (TPSA) is 80.4 Å². The van der Waals surface area contributed by atoms with E-state index in [4.69, 9.17) is 5.11 Å². The van der Waals surface area contributed by atoms with Crippen molar-refractivity contribution in [3.63, 3.8) is 0 Å². The third-order valence-corrected chi connectivity index (χ3v) is 0.936. The predicted octanol–water partition coefficient (Wildman–Crippen LogP) is 0.185. The van der Waals surface area contributed by atoms with Crippen LogP contribution in [0.4, 0.5) is 0 Å². The Morgan fingerprint density at radius 3 is 2.90 bits per heavy atom. The van der Waals surface area contributed by atoms with Crippen molar-refractivity contribution in [2.24, 2.45) is 0 Å². The minimum atomic E-state index is -1.22. The third kappa shape index (κ3) is 0.883. The van der Waals surface area contributed by atoms with Crippen molar-refractivity contribution in [3.05, 3.63) is 17.5 Å². The summed E-state index contributed by atoms with van der Waals surface area (Å²) in [6, 6.07) is 0. The van der Waals surface area contributed by atoms with Gasteiger partial charge in [0.2, 0.25) is 5.76 Å². The molecule has 0 aliphatic carbocycles. The normalized spacial score (nSPS) is 9.20. The Morgan fingerprint density at radius 1 is 1.80 bits per heavy atom. The Bertz CT molecular complexity index is 264. The van der Waals surface area contributed by atoms with Crippen molar-refractivity contribution in [3.8, 4) is 0 Å². The van der Waals surface area contributed by atoms with Gasteiger partial charge in [-0.05, 0) is 0 Å². The number of nitrogens with zero attached hydrogens (tertiary/aromatic N) is 1. The van der Waals surface area contributed by atoms with Gasteiger partial charge in [-0.2, -0.15) is 0 Å². The molecule has 0 saturated carbocycles. The highest BCUT2D eigenvalue weighted by Crippen LogP contribution is 2.03. The van der Waals surface area contributed by atoms with E-state index in [2.05, 4.69) is 9.68 Å². The molecule has 1 heterocycles. The van der Waals surface area contributed by atoms with Crippen LogP contribution in [-0.2, 0) is 0 Å². The molecule has 0 saturated heterocycles. The maximum absolute atomic E-state index is 10.2. The molecule has 0 aliphatic heterocycles. The fourth-order valence-corrected chi connectivity index (χ4v) is 0.494. The first-order valence-corrected chi connectivity index (χ1v) is 2.39. The largest absolute Gasteiger partial charge is 0.477 e. The van der Waals surface area contributed by atoms with Crippen molar-refractivity contribution in [1.82, 2.24) is 5.16 Å². The fourth-order valence-electron chi connectivity index (χ4n) is 0.494. The molecule has 1 rings (SSSR count). The molecular formula is C5H3NO4. The maximum Gasteiger partial charge on any atom is 0.341 e. The summed E-state index contributed by atoms with van der Waals surface area (Å²) in [4.78, 5) is 20.2. The van der Waals surface area contributed by atoms with Crippen LogP contribution >= 0.6 is 0 Å². The average molecular weight is 141 g/mol. The number of carboxylic acid groups (broad SMARTS) is 1. The van der Waals surface area contributed by atoms with Gasteiger partial charge >= 0.3 is 5.97 Å². The number of hydrogen-bond donors (Lipinski definition) is 1. The van der Waals surface area contributed by atoms with Crippen LogP contribution < -0.4 is 0 Å². The summed E-state index contributed by atoms with van der Waals surface area (Å²) in [6.07, 6.45) is 1.28. The van der Waals surface area contributed by atoms with Crippen molar-refractivity contribution in [1.29, 1.82) is 0 Å². The van der Waals surface area contributed by atoms with Gasteiger partial charge in [0.15, 0.2) is 6.29 Å². The molecule has 0 spiro atoms. The van der Waals surface area contributed by atoms with E-state index in [0.29, 0.717) is 6.29 Å². The minimum absolute atomic E-state index is 0.213. The number of hydrogen-bond acceptors (Lipinski definition) is 4. The number of aromatic carboxylic acids is 1. The number of carbonyl (C=O) groups is 2. The van der Waals surface area contributed by atoms with Gasteiger partial charge in [-0.15, -0.1) is 0 Å². The number of carboxylic acids is 1. The van der Waals surface area contributed by atoms with Gasteiger partial charge in [-0.3, -0.25) is 4.79 Å². The monoisotopic (exact) mass is 141 g/mol. The molecule has 1 aromatic rings. The quantitative estimate of drug-likeness (QED) is 0.594. The van der Waals surface area contributed by atoms with Gasteiger partial charge in [0.1, 0.15) is 5.56 Å². The van der Waals surface area contributed by atoms with E-state index < -0.39 is 5.97 Å². The molecule has 1 aromatic heterocycles. The fraction of sp³-hybridized carbons (Fsp3) is 0. The Morgan fingerprint density at radius 2 is 2.50 bits per heavy atom. The second-order valence-electron chi connectivity index (χ2n) is 1.53. The average Bonchev–Trinajstić information content (AvgIpc) is 2.33. The lowest BCUT2D eigenvalue weighted by atomic mass is 10.3. The molecule has 5 nitrogen and oxygen atoms in total. The van der Waals surface area contributed by atoms with E-state index in [1.165, 1.54) is 0 Å². The summed E-state index contributed by atoms with van der Waals surface area (Å²) < 4.78 is 4.28. The zero-order valence-electron chi connectivity index (χ0n) is 4.77. The van der Waals surface area contributed by atoms with E-state index in [1.54, 1.807) is 0 Å². The van der Waals surface area contributed by atoms with E-state index in [9.17, 15) is 9.59 Å². The lowest BCUT2D eigenvalue weighted by molar-refractivity contribution is 0.0692. The highest BCUT2D eigenvalue weighted by atomic mass is 16.5. The van der Waals surface area contributed by atoms with E-state index >= 15 is 0 Å². The molecule has 1 N–H and O–H groups in total. The molecule has 0 atom stereocenters. The summed E-state index contributed by atoms with van der Waals surface area (Å²) in [5.74, 6) is -1.48. The standard InChI is InChI=1S/C5H3NO4/c7-2-4-3(5(8)9)1-6-10-4/h1-2H,(H,8,9). The van der Waals surface area contributed by atoms with Crippen LogP contribution in [0.5, 0.6) is 0 Å². The molecule has 0 fully saturated rings. The maximum atomic E-state index is 10.2. The molecule has 10 heavy (non-hydrogen) atoms. The first-order chi connectivity index (χ1) is 4.75. The molecule has 0 radical (unpaired) electrons. The van der Waals surface area contributed by atoms with Crippen LogP contribution in [0, 0.1) is 0 Å². The van der Waals surface area contributed by atoms with Gasteiger partial charge < -0.3 is 9.63 Å². The SMILES string of the molecule is O=Cc1oncc1C(=O)O. The molecule has 0 aromatic carbocycles. The minimum Gasteiger partial charge on any atom is -0.477 e. The zero-order valence-corrected chi connectivity index (χ0v) is 4.77.